The molecule has 6 heteroatoms. The fourth-order valence-electron chi connectivity index (χ4n) is 2.39. The van der Waals surface area contributed by atoms with Gasteiger partial charge in [-0.05, 0) is 67.1 Å². The molecular formula is C21H18ClNO4. The van der Waals surface area contributed by atoms with Crippen molar-refractivity contribution in [1.29, 1.82) is 0 Å². The lowest BCUT2D eigenvalue weighted by Gasteiger charge is -2.06. The molecule has 5 nitrogen and oxygen atoms in total. The quantitative estimate of drug-likeness (QED) is 0.577. The summed E-state index contributed by atoms with van der Waals surface area (Å²) in [6, 6.07) is 17.0. The lowest BCUT2D eigenvalue weighted by molar-refractivity contribution is 0.0505. The second-order valence-corrected chi connectivity index (χ2v) is 6.27. The summed E-state index contributed by atoms with van der Waals surface area (Å²) in [5.74, 6) is 0.00195. The smallest absolute Gasteiger partial charge is 0.338 e. The van der Waals surface area contributed by atoms with Crippen LogP contribution in [0.4, 0.5) is 5.69 Å². The van der Waals surface area contributed by atoms with Gasteiger partial charge in [0, 0.05) is 16.3 Å². The fourth-order valence-corrected chi connectivity index (χ4v) is 2.52. The molecular weight excluding hydrogens is 366 g/mol. The van der Waals surface area contributed by atoms with Crippen LogP contribution in [0.3, 0.4) is 0 Å². The minimum Gasteiger partial charge on any atom is -0.462 e. The predicted octanol–water partition coefficient (Wildman–Crippen LogP) is 5.42. The predicted molar refractivity (Wildman–Crippen MR) is 104 cm³/mol. The third-order valence-electron chi connectivity index (χ3n) is 3.77. The summed E-state index contributed by atoms with van der Waals surface area (Å²) in [5.41, 5.74) is 1.81. The number of carbonyl (C=O) groups excluding carboxylic acids is 2. The Balaban J connectivity index is 1.65. The molecule has 0 bridgehead atoms. The number of amides is 1. The SMILES string of the molecule is CCCOC(=O)c1ccc(NC(=O)c2ccc(-c3ccc(Cl)cc3)o2)cc1. The molecule has 2 aromatic carbocycles. The first-order chi connectivity index (χ1) is 13.1. The van der Waals surface area contributed by atoms with Crippen molar-refractivity contribution in [1.82, 2.24) is 0 Å². The average Bonchev–Trinajstić information content (AvgIpc) is 3.17. The van der Waals surface area contributed by atoms with Crippen molar-refractivity contribution in [3.63, 3.8) is 0 Å². The maximum Gasteiger partial charge on any atom is 0.338 e. The molecule has 0 unspecified atom stereocenters. The summed E-state index contributed by atoms with van der Waals surface area (Å²) in [6.07, 6.45) is 0.765. The number of hydrogen-bond acceptors (Lipinski definition) is 4. The van der Waals surface area contributed by atoms with E-state index in [1.54, 1.807) is 48.5 Å². The second kappa shape index (κ2) is 8.56. The number of carbonyl (C=O) groups is 2. The van der Waals surface area contributed by atoms with Crippen molar-refractivity contribution in [3.05, 3.63) is 77.0 Å². The van der Waals surface area contributed by atoms with Gasteiger partial charge in [0.2, 0.25) is 0 Å². The van der Waals surface area contributed by atoms with Gasteiger partial charge in [-0.2, -0.15) is 0 Å². The van der Waals surface area contributed by atoms with E-state index < -0.39 is 0 Å². The van der Waals surface area contributed by atoms with E-state index in [1.165, 1.54) is 0 Å². The summed E-state index contributed by atoms with van der Waals surface area (Å²) < 4.78 is 10.7. The van der Waals surface area contributed by atoms with E-state index >= 15 is 0 Å². The fraction of sp³-hybridized carbons (Fsp3) is 0.143. The van der Waals surface area contributed by atoms with Gasteiger partial charge in [-0.15, -0.1) is 0 Å². The largest absolute Gasteiger partial charge is 0.462 e. The zero-order valence-corrected chi connectivity index (χ0v) is 15.5. The van der Waals surface area contributed by atoms with Gasteiger partial charge in [-0.3, -0.25) is 4.79 Å². The Bertz CT molecular complexity index is 930. The molecule has 1 heterocycles. The first-order valence-corrected chi connectivity index (χ1v) is 8.89. The van der Waals surface area contributed by atoms with Crippen LogP contribution in [0.5, 0.6) is 0 Å². The topological polar surface area (TPSA) is 68.5 Å². The van der Waals surface area contributed by atoms with Gasteiger partial charge in [0.15, 0.2) is 5.76 Å². The van der Waals surface area contributed by atoms with E-state index in [2.05, 4.69) is 5.32 Å². The van der Waals surface area contributed by atoms with Crippen LogP contribution in [0.1, 0.15) is 34.3 Å². The van der Waals surface area contributed by atoms with E-state index in [1.807, 2.05) is 19.1 Å². The molecule has 0 aliphatic rings. The Morgan fingerprint density at radius 1 is 1.00 bits per heavy atom. The van der Waals surface area contributed by atoms with Crippen LogP contribution in [0.25, 0.3) is 11.3 Å². The molecule has 0 saturated carbocycles. The summed E-state index contributed by atoms with van der Waals surface area (Å²) >= 11 is 5.88. The number of halogens is 1. The Hall–Kier alpha value is -3.05. The molecule has 1 aromatic heterocycles. The molecule has 27 heavy (non-hydrogen) atoms. The monoisotopic (exact) mass is 383 g/mol. The molecule has 0 aliphatic heterocycles. The third kappa shape index (κ3) is 4.77. The van der Waals surface area contributed by atoms with Gasteiger partial charge in [0.25, 0.3) is 5.91 Å². The molecule has 0 radical (unpaired) electrons. The highest BCUT2D eigenvalue weighted by atomic mass is 35.5. The lowest BCUT2D eigenvalue weighted by atomic mass is 10.2. The van der Waals surface area contributed by atoms with Crippen LogP contribution in [0.2, 0.25) is 5.02 Å². The normalized spacial score (nSPS) is 10.4. The van der Waals surface area contributed by atoms with Crippen LogP contribution in [-0.4, -0.2) is 18.5 Å². The summed E-state index contributed by atoms with van der Waals surface area (Å²) in [4.78, 5) is 24.1. The van der Waals surface area contributed by atoms with Gasteiger partial charge in [0.05, 0.1) is 12.2 Å². The number of ether oxygens (including phenoxy) is 1. The van der Waals surface area contributed by atoms with Crippen molar-refractivity contribution in [2.24, 2.45) is 0 Å². The number of furan rings is 1. The number of hydrogen-bond donors (Lipinski definition) is 1. The highest BCUT2D eigenvalue weighted by molar-refractivity contribution is 6.30. The minimum absolute atomic E-state index is 0.186. The van der Waals surface area contributed by atoms with E-state index in [9.17, 15) is 9.59 Å². The van der Waals surface area contributed by atoms with E-state index in [-0.39, 0.29) is 17.6 Å². The van der Waals surface area contributed by atoms with E-state index in [0.717, 1.165) is 12.0 Å². The Morgan fingerprint density at radius 2 is 1.70 bits per heavy atom. The Labute approximate surface area is 161 Å². The Kier molecular flexibility index (Phi) is 5.94. The molecule has 3 aromatic rings. The molecule has 0 spiro atoms. The molecule has 138 valence electrons. The van der Waals surface area contributed by atoms with Crippen molar-refractivity contribution in [2.45, 2.75) is 13.3 Å². The molecule has 1 amide bonds. The molecule has 1 N–H and O–H groups in total. The third-order valence-corrected chi connectivity index (χ3v) is 4.03. The van der Waals surface area contributed by atoms with Gasteiger partial charge >= 0.3 is 5.97 Å². The highest BCUT2D eigenvalue weighted by Gasteiger charge is 2.13. The summed E-state index contributed by atoms with van der Waals surface area (Å²) in [5, 5.41) is 3.37. The second-order valence-electron chi connectivity index (χ2n) is 5.84. The molecule has 3 rings (SSSR count). The molecule has 0 saturated heterocycles. The molecule has 0 aliphatic carbocycles. The number of nitrogens with one attached hydrogen (secondary N) is 1. The van der Waals surface area contributed by atoms with Gasteiger partial charge in [-0.1, -0.05) is 18.5 Å². The summed E-state index contributed by atoms with van der Waals surface area (Å²) in [7, 11) is 0. The first-order valence-electron chi connectivity index (χ1n) is 8.51. The van der Waals surface area contributed by atoms with Crippen LogP contribution < -0.4 is 5.32 Å². The van der Waals surface area contributed by atoms with Crippen LogP contribution in [-0.2, 0) is 4.74 Å². The zero-order valence-electron chi connectivity index (χ0n) is 14.7. The van der Waals surface area contributed by atoms with Crippen LogP contribution >= 0.6 is 11.6 Å². The van der Waals surface area contributed by atoms with Crippen LogP contribution in [0, 0.1) is 0 Å². The average molecular weight is 384 g/mol. The standard InChI is InChI=1S/C21H18ClNO4/c1-2-13-26-21(25)15-5-9-17(10-6-15)23-20(24)19-12-11-18(27-19)14-3-7-16(22)8-4-14/h3-12H,2,13H2,1H3,(H,23,24). The number of esters is 1. The van der Waals surface area contributed by atoms with E-state index in [0.29, 0.717) is 28.6 Å². The summed E-state index contributed by atoms with van der Waals surface area (Å²) in [6.45, 7) is 2.31. The minimum atomic E-state index is -0.381. The number of rotatable bonds is 6. The number of benzene rings is 2. The van der Waals surface area contributed by atoms with Gasteiger partial charge in [0.1, 0.15) is 5.76 Å². The first kappa shape index (κ1) is 18.7. The van der Waals surface area contributed by atoms with Crippen molar-refractivity contribution >= 4 is 29.2 Å². The van der Waals surface area contributed by atoms with Crippen LogP contribution in [0.15, 0.2) is 65.1 Å². The zero-order chi connectivity index (χ0) is 19.2. The van der Waals surface area contributed by atoms with Crippen molar-refractivity contribution in [3.8, 4) is 11.3 Å². The lowest BCUT2D eigenvalue weighted by Crippen LogP contribution is -2.11. The van der Waals surface area contributed by atoms with Crippen molar-refractivity contribution in [2.75, 3.05) is 11.9 Å². The van der Waals surface area contributed by atoms with Gasteiger partial charge in [-0.25, -0.2) is 4.79 Å². The molecule has 0 atom stereocenters. The van der Waals surface area contributed by atoms with Crippen molar-refractivity contribution < 1.29 is 18.7 Å². The number of anilines is 1. The maximum absolute atomic E-state index is 12.4. The van der Waals surface area contributed by atoms with Gasteiger partial charge < -0.3 is 14.5 Å². The highest BCUT2D eigenvalue weighted by Crippen LogP contribution is 2.24. The Morgan fingerprint density at radius 3 is 2.37 bits per heavy atom. The van der Waals surface area contributed by atoms with E-state index in [4.69, 9.17) is 20.8 Å². The molecule has 0 fully saturated rings. The maximum atomic E-state index is 12.4.